The van der Waals surface area contributed by atoms with E-state index in [9.17, 15) is 13.2 Å². The maximum absolute atomic E-state index is 12.5. The Kier molecular flexibility index (Phi) is 3.97. The van der Waals surface area contributed by atoms with Gasteiger partial charge in [-0.25, -0.2) is 13.1 Å². The summed E-state index contributed by atoms with van der Waals surface area (Å²) in [4.78, 5) is 15.5. The van der Waals surface area contributed by atoms with Gasteiger partial charge in [-0.15, -0.1) is 0 Å². The highest BCUT2D eigenvalue weighted by molar-refractivity contribution is 7.90. The number of rotatable bonds is 4. The largest absolute Gasteiger partial charge is 0.361 e. The summed E-state index contributed by atoms with van der Waals surface area (Å²) < 4.78 is 27.2. The van der Waals surface area contributed by atoms with Crippen molar-refractivity contribution >= 4 is 37.6 Å². The van der Waals surface area contributed by atoms with Crippen LogP contribution in [0.5, 0.6) is 0 Å². The number of hydrogen-bond donors (Lipinski definition) is 2. The molecule has 6 heteroatoms. The molecular formula is C20H16N2O3S. The Morgan fingerprint density at radius 3 is 2.50 bits per heavy atom. The van der Waals surface area contributed by atoms with Gasteiger partial charge in [0, 0.05) is 17.1 Å². The first-order chi connectivity index (χ1) is 12.5. The third-order valence-electron chi connectivity index (χ3n) is 4.31. The Labute approximate surface area is 150 Å². The molecule has 26 heavy (non-hydrogen) atoms. The number of aromatic amines is 1. The fourth-order valence-electron chi connectivity index (χ4n) is 3.03. The number of fused-ring (bicyclic) bond motifs is 2. The van der Waals surface area contributed by atoms with Crippen molar-refractivity contribution in [2.45, 2.75) is 11.3 Å². The van der Waals surface area contributed by atoms with Crippen molar-refractivity contribution < 1.29 is 13.2 Å². The molecule has 0 unspecified atom stereocenters. The summed E-state index contributed by atoms with van der Waals surface area (Å²) >= 11 is 0. The number of carbonyl (C=O) groups is 1. The van der Waals surface area contributed by atoms with Crippen LogP contribution in [0.3, 0.4) is 0 Å². The molecule has 4 aromatic rings. The van der Waals surface area contributed by atoms with Crippen molar-refractivity contribution in [2.24, 2.45) is 0 Å². The minimum absolute atomic E-state index is 0.0170. The molecule has 0 aliphatic heterocycles. The van der Waals surface area contributed by atoms with Gasteiger partial charge in [0.2, 0.25) is 5.91 Å². The van der Waals surface area contributed by atoms with Crippen LogP contribution in [0.4, 0.5) is 0 Å². The number of nitrogens with one attached hydrogen (secondary N) is 2. The molecular weight excluding hydrogens is 348 g/mol. The predicted octanol–water partition coefficient (Wildman–Crippen LogP) is 3.37. The molecule has 0 aliphatic carbocycles. The monoisotopic (exact) mass is 364 g/mol. The van der Waals surface area contributed by atoms with Crippen molar-refractivity contribution in [3.8, 4) is 0 Å². The second-order valence-corrected chi connectivity index (χ2v) is 7.76. The van der Waals surface area contributed by atoms with Gasteiger partial charge < -0.3 is 4.98 Å². The van der Waals surface area contributed by atoms with Gasteiger partial charge in [0.05, 0.1) is 11.3 Å². The van der Waals surface area contributed by atoms with Crippen LogP contribution in [0.1, 0.15) is 5.56 Å². The quantitative estimate of drug-likeness (QED) is 0.583. The van der Waals surface area contributed by atoms with Gasteiger partial charge in [0.15, 0.2) is 0 Å². The highest BCUT2D eigenvalue weighted by Gasteiger charge is 2.19. The lowest BCUT2D eigenvalue weighted by atomic mass is 10.1. The number of amides is 1. The molecule has 1 amide bonds. The van der Waals surface area contributed by atoms with Crippen LogP contribution < -0.4 is 4.72 Å². The van der Waals surface area contributed by atoms with E-state index in [1.54, 1.807) is 18.3 Å². The van der Waals surface area contributed by atoms with Crippen LogP contribution in [0, 0.1) is 0 Å². The van der Waals surface area contributed by atoms with E-state index in [-0.39, 0.29) is 11.3 Å². The van der Waals surface area contributed by atoms with Crippen molar-refractivity contribution in [1.29, 1.82) is 0 Å². The van der Waals surface area contributed by atoms with Crippen LogP contribution in [0.15, 0.2) is 77.8 Å². The van der Waals surface area contributed by atoms with Gasteiger partial charge in [0.25, 0.3) is 10.0 Å². The lowest BCUT2D eigenvalue weighted by Crippen LogP contribution is -2.31. The van der Waals surface area contributed by atoms with Gasteiger partial charge in [-0.1, -0.05) is 48.5 Å². The lowest BCUT2D eigenvalue weighted by molar-refractivity contribution is -0.118. The normalized spacial score (nSPS) is 11.7. The summed E-state index contributed by atoms with van der Waals surface area (Å²) in [6.45, 7) is 0. The summed E-state index contributed by atoms with van der Waals surface area (Å²) in [5, 5.41) is 2.65. The Balaban J connectivity index is 1.57. The van der Waals surface area contributed by atoms with E-state index in [1.165, 1.54) is 6.07 Å². The molecule has 0 saturated carbocycles. The van der Waals surface area contributed by atoms with E-state index in [2.05, 4.69) is 9.71 Å². The zero-order chi connectivity index (χ0) is 18.1. The zero-order valence-corrected chi connectivity index (χ0v) is 14.6. The van der Waals surface area contributed by atoms with Gasteiger partial charge >= 0.3 is 0 Å². The molecule has 2 N–H and O–H groups in total. The van der Waals surface area contributed by atoms with Crippen molar-refractivity contribution in [3.63, 3.8) is 0 Å². The van der Waals surface area contributed by atoms with Crippen LogP contribution in [0.25, 0.3) is 21.7 Å². The minimum atomic E-state index is -3.92. The fourth-order valence-corrected chi connectivity index (χ4v) is 4.05. The predicted molar refractivity (Wildman–Crippen MR) is 101 cm³/mol. The third kappa shape index (κ3) is 3.07. The molecule has 0 bridgehead atoms. The van der Waals surface area contributed by atoms with Crippen LogP contribution >= 0.6 is 0 Å². The van der Waals surface area contributed by atoms with E-state index in [1.807, 2.05) is 48.5 Å². The second kappa shape index (κ2) is 6.31. The van der Waals surface area contributed by atoms with E-state index >= 15 is 0 Å². The third-order valence-corrected chi connectivity index (χ3v) is 5.68. The topological polar surface area (TPSA) is 79.0 Å². The van der Waals surface area contributed by atoms with Gasteiger partial charge in [-0.3, -0.25) is 4.79 Å². The molecule has 0 fully saturated rings. The average Bonchev–Trinajstić information content (AvgIpc) is 3.04. The van der Waals surface area contributed by atoms with Gasteiger partial charge in [-0.05, 0) is 34.5 Å². The first-order valence-electron chi connectivity index (χ1n) is 8.12. The number of hydrogen-bond acceptors (Lipinski definition) is 3. The van der Waals surface area contributed by atoms with Crippen LogP contribution in [0.2, 0.25) is 0 Å². The highest BCUT2D eigenvalue weighted by atomic mass is 32.2. The molecule has 5 nitrogen and oxygen atoms in total. The number of carbonyl (C=O) groups excluding carboxylic acids is 1. The molecule has 0 saturated heterocycles. The molecule has 0 spiro atoms. The molecule has 1 aromatic heterocycles. The number of benzene rings is 3. The zero-order valence-electron chi connectivity index (χ0n) is 13.8. The number of H-pyrrole nitrogens is 1. The SMILES string of the molecule is O=C(Cc1c[nH]c2ccccc12)NS(=O)(=O)c1ccc2ccccc2c1. The fraction of sp³-hybridized carbons (Fsp3) is 0.0500. The summed E-state index contributed by atoms with van der Waals surface area (Å²) in [6, 6.07) is 19.8. The number of sulfonamides is 1. The maximum atomic E-state index is 12.5. The lowest BCUT2D eigenvalue weighted by Gasteiger charge is -2.08. The van der Waals surface area contributed by atoms with Crippen LogP contribution in [-0.4, -0.2) is 19.3 Å². The summed E-state index contributed by atoms with van der Waals surface area (Å²) in [6.07, 6.45) is 1.71. The van der Waals surface area contributed by atoms with E-state index in [4.69, 9.17) is 0 Å². The number of para-hydroxylation sites is 1. The van der Waals surface area contributed by atoms with Crippen molar-refractivity contribution in [3.05, 3.63) is 78.5 Å². The highest BCUT2D eigenvalue weighted by Crippen LogP contribution is 2.20. The summed E-state index contributed by atoms with van der Waals surface area (Å²) in [7, 11) is -3.92. The molecule has 4 rings (SSSR count). The standard InChI is InChI=1S/C20H16N2O3S/c23-20(12-16-13-21-19-8-4-3-7-18(16)19)22-26(24,25)17-10-9-14-5-1-2-6-15(14)11-17/h1-11,13,21H,12H2,(H,22,23). The first kappa shape index (κ1) is 16.4. The first-order valence-corrected chi connectivity index (χ1v) is 9.61. The molecule has 130 valence electrons. The Morgan fingerprint density at radius 2 is 1.65 bits per heavy atom. The van der Waals surface area contributed by atoms with E-state index < -0.39 is 15.9 Å². The Hall–Kier alpha value is -3.12. The molecule has 0 radical (unpaired) electrons. The minimum Gasteiger partial charge on any atom is -0.361 e. The van der Waals surface area contributed by atoms with E-state index in [0.717, 1.165) is 27.2 Å². The Bertz CT molecular complexity index is 1230. The summed E-state index contributed by atoms with van der Waals surface area (Å²) in [5.74, 6) is -0.567. The summed E-state index contributed by atoms with van der Waals surface area (Å²) in [5.41, 5.74) is 1.67. The molecule has 0 atom stereocenters. The molecule has 0 aliphatic rings. The van der Waals surface area contributed by atoms with Crippen LogP contribution in [-0.2, 0) is 21.2 Å². The number of aromatic nitrogens is 1. The van der Waals surface area contributed by atoms with Gasteiger partial charge in [-0.2, -0.15) is 0 Å². The Morgan fingerprint density at radius 1 is 0.923 bits per heavy atom. The molecule has 3 aromatic carbocycles. The molecule has 1 heterocycles. The smallest absolute Gasteiger partial charge is 0.264 e. The second-order valence-electron chi connectivity index (χ2n) is 6.07. The van der Waals surface area contributed by atoms with E-state index in [0.29, 0.717) is 0 Å². The van der Waals surface area contributed by atoms with Gasteiger partial charge in [0.1, 0.15) is 0 Å². The van der Waals surface area contributed by atoms with Crippen molar-refractivity contribution in [2.75, 3.05) is 0 Å². The maximum Gasteiger partial charge on any atom is 0.264 e. The average molecular weight is 364 g/mol. The van der Waals surface area contributed by atoms with Crippen molar-refractivity contribution in [1.82, 2.24) is 9.71 Å².